The van der Waals surface area contributed by atoms with E-state index in [2.05, 4.69) is 0 Å². The number of nitrogens with zero attached hydrogens (tertiary/aromatic N) is 1. The molecule has 0 amide bonds. The first-order chi connectivity index (χ1) is 6.55. The Morgan fingerprint density at radius 2 is 1.93 bits per heavy atom. The lowest BCUT2D eigenvalue weighted by molar-refractivity contribution is 0.212. The first kappa shape index (κ1) is 11.0. The molecule has 0 bridgehead atoms. The quantitative estimate of drug-likeness (QED) is 0.746. The maximum absolute atomic E-state index is 9.04. The summed E-state index contributed by atoms with van der Waals surface area (Å²) in [4.78, 5) is 2.04. The number of aliphatic hydroxyl groups is 1. The summed E-state index contributed by atoms with van der Waals surface area (Å²) in [5, 5.41) is 9.04. The zero-order valence-electron chi connectivity index (χ0n) is 8.77. The minimum absolute atomic E-state index is 0.00975. The van der Waals surface area contributed by atoms with Crippen molar-refractivity contribution in [3.63, 3.8) is 0 Å². The van der Waals surface area contributed by atoms with Crippen molar-refractivity contribution in [1.29, 1.82) is 0 Å². The van der Waals surface area contributed by atoms with Gasteiger partial charge in [0.15, 0.2) is 0 Å². The summed E-state index contributed by atoms with van der Waals surface area (Å²) in [6.07, 6.45) is 0. The van der Waals surface area contributed by atoms with Crippen LogP contribution in [0.4, 0.5) is 5.69 Å². The maximum Gasteiger partial charge on any atom is 0.0625 e. The molecular formula is C11H18N2O. The summed E-state index contributed by atoms with van der Waals surface area (Å²) in [5.41, 5.74) is 6.42. The standard InChI is InChI=1S/C11H18N2O/c1-11(12,9-14)8-13(2)10-6-4-3-5-7-10/h3-7,14H,8-9,12H2,1-2H3. The Balaban J connectivity index is 2.64. The van der Waals surface area contributed by atoms with Gasteiger partial charge in [-0.3, -0.25) is 0 Å². The zero-order chi connectivity index (χ0) is 10.6. The van der Waals surface area contributed by atoms with E-state index >= 15 is 0 Å². The highest BCUT2D eigenvalue weighted by Crippen LogP contribution is 2.13. The Kier molecular flexibility index (Phi) is 3.49. The lowest BCUT2D eigenvalue weighted by atomic mass is 10.1. The third-order valence-corrected chi connectivity index (χ3v) is 2.16. The highest BCUT2D eigenvalue weighted by molar-refractivity contribution is 5.45. The second-order valence-corrected chi connectivity index (χ2v) is 4.00. The predicted octanol–water partition coefficient (Wildman–Crippen LogP) is 0.832. The van der Waals surface area contributed by atoms with Crippen molar-refractivity contribution in [3.8, 4) is 0 Å². The van der Waals surface area contributed by atoms with Gasteiger partial charge in [0.2, 0.25) is 0 Å². The molecular weight excluding hydrogens is 176 g/mol. The van der Waals surface area contributed by atoms with E-state index in [0.717, 1.165) is 5.69 Å². The van der Waals surface area contributed by atoms with Gasteiger partial charge in [0, 0.05) is 19.3 Å². The van der Waals surface area contributed by atoms with E-state index in [1.165, 1.54) is 0 Å². The number of nitrogens with two attached hydrogens (primary N) is 1. The molecule has 0 aliphatic heterocycles. The van der Waals surface area contributed by atoms with Gasteiger partial charge in [-0.05, 0) is 19.1 Å². The minimum Gasteiger partial charge on any atom is -0.394 e. The van der Waals surface area contributed by atoms with Gasteiger partial charge in [-0.25, -0.2) is 0 Å². The molecule has 0 aromatic heterocycles. The largest absolute Gasteiger partial charge is 0.394 e. The second-order valence-electron chi connectivity index (χ2n) is 4.00. The summed E-state index contributed by atoms with van der Waals surface area (Å²) in [7, 11) is 1.97. The van der Waals surface area contributed by atoms with Gasteiger partial charge in [-0.2, -0.15) is 0 Å². The topological polar surface area (TPSA) is 49.5 Å². The van der Waals surface area contributed by atoms with Crippen LogP contribution in [0.25, 0.3) is 0 Å². The maximum atomic E-state index is 9.04. The summed E-state index contributed by atoms with van der Waals surface area (Å²) in [5.74, 6) is 0. The summed E-state index contributed by atoms with van der Waals surface area (Å²) < 4.78 is 0. The van der Waals surface area contributed by atoms with E-state index in [0.29, 0.717) is 6.54 Å². The molecule has 1 atom stereocenters. The number of hydrogen-bond acceptors (Lipinski definition) is 3. The minimum atomic E-state index is -0.551. The van der Waals surface area contributed by atoms with Gasteiger partial charge in [0.25, 0.3) is 0 Å². The van der Waals surface area contributed by atoms with Gasteiger partial charge in [0.05, 0.1) is 12.1 Å². The molecule has 1 aromatic carbocycles. The van der Waals surface area contributed by atoms with E-state index in [1.807, 2.05) is 49.2 Å². The summed E-state index contributed by atoms with van der Waals surface area (Å²) in [6.45, 7) is 2.46. The van der Waals surface area contributed by atoms with Crippen molar-refractivity contribution in [2.75, 3.05) is 25.1 Å². The molecule has 0 fully saturated rings. The molecule has 14 heavy (non-hydrogen) atoms. The van der Waals surface area contributed by atoms with Crippen molar-refractivity contribution in [1.82, 2.24) is 0 Å². The van der Waals surface area contributed by atoms with Crippen LogP contribution in [-0.2, 0) is 0 Å². The summed E-state index contributed by atoms with van der Waals surface area (Å²) in [6, 6.07) is 9.99. The fourth-order valence-electron chi connectivity index (χ4n) is 1.37. The van der Waals surface area contributed by atoms with Gasteiger partial charge < -0.3 is 15.7 Å². The number of rotatable bonds is 4. The van der Waals surface area contributed by atoms with Crippen LogP contribution in [0.1, 0.15) is 6.92 Å². The molecule has 0 aliphatic rings. The molecule has 1 rings (SSSR count). The molecule has 0 heterocycles. The first-order valence-electron chi connectivity index (χ1n) is 4.71. The monoisotopic (exact) mass is 194 g/mol. The number of aliphatic hydroxyl groups excluding tert-OH is 1. The van der Waals surface area contributed by atoms with E-state index in [-0.39, 0.29) is 6.61 Å². The van der Waals surface area contributed by atoms with Gasteiger partial charge in [0.1, 0.15) is 0 Å². The molecule has 0 aliphatic carbocycles. The number of hydrogen-bond donors (Lipinski definition) is 2. The van der Waals surface area contributed by atoms with Crippen LogP contribution in [0.3, 0.4) is 0 Å². The smallest absolute Gasteiger partial charge is 0.0625 e. The fourth-order valence-corrected chi connectivity index (χ4v) is 1.37. The zero-order valence-corrected chi connectivity index (χ0v) is 8.77. The molecule has 0 saturated heterocycles. The highest BCUT2D eigenvalue weighted by atomic mass is 16.3. The molecule has 0 radical (unpaired) electrons. The van der Waals surface area contributed by atoms with Crippen molar-refractivity contribution < 1.29 is 5.11 Å². The lowest BCUT2D eigenvalue weighted by Crippen LogP contribution is -2.49. The Labute approximate surface area is 85.2 Å². The third-order valence-electron chi connectivity index (χ3n) is 2.16. The average molecular weight is 194 g/mol. The summed E-state index contributed by atoms with van der Waals surface area (Å²) >= 11 is 0. The van der Waals surface area contributed by atoms with E-state index < -0.39 is 5.54 Å². The molecule has 3 heteroatoms. The van der Waals surface area contributed by atoms with Crippen molar-refractivity contribution in [2.24, 2.45) is 5.73 Å². The molecule has 1 unspecified atom stereocenters. The van der Waals surface area contributed by atoms with E-state index in [9.17, 15) is 0 Å². The Morgan fingerprint density at radius 3 is 2.43 bits per heavy atom. The fraction of sp³-hybridized carbons (Fsp3) is 0.455. The number of para-hydroxylation sites is 1. The molecule has 3 nitrogen and oxygen atoms in total. The van der Waals surface area contributed by atoms with E-state index in [4.69, 9.17) is 10.8 Å². The normalized spacial score (nSPS) is 14.9. The molecule has 0 spiro atoms. The Bertz CT molecular complexity index is 272. The SMILES string of the molecule is CN(CC(C)(N)CO)c1ccccc1. The van der Waals surface area contributed by atoms with Crippen molar-refractivity contribution in [2.45, 2.75) is 12.5 Å². The van der Waals surface area contributed by atoms with Crippen LogP contribution in [-0.4, -0.2) is 30.8 Å². The van der Waals surface area contributed by atoms with Crippen LogP contribution in [0, 0.1) is 0 Å². The second kappa shape index (κ2) is 4.44. The van der Waals surface area contributed by atoms with Crippen LogP contribution >= 0.6 is 0 Å². The van der Waals surface area contributed by atoms with Crippen molar-refractivity contribution >= 4 is 5.69 Å². The van der Waals surface area contributed by atoms with Crippen LogP contribution in [0.15, 0.2) is 30.3 Å². The van der Waals surface area contributed by atoms with Crippen LogP contribution in [0.2, 0.25) is 0 Å². The Morgan fingerprint density at radius 1 is 1.36 bits per heavy atom. The van der Waals surface area contributed by atoms with Gasteiger partial charge in [-0.1, -0.05) is 18.2 Å². The third kappa shape index (κ3) is 3.01. The molecule has 0 saturated carbocycles. The number of anilines is 1. The highest BCUT2D eigenvalue weighted by Gasteiger charge is 2.19. The van der Waals surface area contributed by atoms with Gasteiger partial charge >= 0.3 is 0 Å². The molecule has 3 N–H and O–H groups in total. The van der Waals surface area contributed by atoms with Crippen molar-refractivity contribution in [3.05, 3.63) is 30.3 Å². The predicted molar refractivity (Wildman–Crippen MR) is 59.4 cm³/mol. The lowest BCUT2D eigenvalue weighted by Gasteiger charge is -2.29. The van der Waals surface area contributed by atoms with Crippen LogP contribution in [0.5, 0.6) is 0 Å². The van der Waals surface area contributed by atoms with E-state index in [1.54, 1.807) is 0 Å². The van der Waals surface area contributed by atoms with Crippen LogP contribution < -0.4 is 10.6 Å². The molecule has 78 valence electrons. The Hall–Kier alpha value is -1.06. The number of likely N-dealkylation sites (N-methyl/N-ethyl adjacent to an activating group) is 1. The average Bonchev–Trinajstić information content (AvgIpc) is 2.19. The number of benzene rings is 1. The van der Waals surface area contributed by atoms with Gasteiger partial charge in [-0.15, -0.1) is 0 Å². The molecule has 1 aromatic rings. The first-order valence-corrected chi connectivity index (χ1v) is 4.71.